The zero-order chi connectivity index (χ0) is 14.3. The predicted octanol–water partition coefficient (Wildman–Crippen LogP) is 3.99. The SMILES string of the molecule is CCCC(C)(CNCC(C)C)Cc1ccc(O)cc1. The number of rotatable bonds is 8. The second-order valence-electron chi connectivity index (χ2n) is 6.43. The van der Waals surface area contributed by atoms with Gasteiger partial charge >= 0.3 is 0 Å². The Morgan fingerprint density at radius 1 is 1.21 bits per heavy atom. The summed E-state index contributed by atoms with van der Waals surface area (Å²) in [6, 6.07) is 7.63. The van der Waals surface area contributed by atoms with Gasteiger partial charge in [0, 0.05) is 6.54 Å². The van der Waals surface area contributed by atoms with E-state index in [1.165, 1.54) is 18.4 Å². The first-order chi connectivity index (χ1) is 8.95. The summed E-state index contributed by atoms with van der Waals surface area (Å²) in [5, 5.41) is 12.9. The maximum absolute atomic E-state index is 9.35. The van der Waals surface area contributed by atoms with E-state index in [2.05, 4.69) is 33.0 Å². The van der Waals surface area contributed by atoms with Gasteiger partial charge in [-0.25, -0.2) is 0 Å². The summed E-state index contributed by atoms with van der Waals surface area (Å²) in [6.45, 7) is 11.2. The molecule has 19 heavy (non-hydrogen) atoms. The van der Waals surface area contributed by atoms with Crippen LogP contribution in [0.2, 0.25) is 0 Å². The highest BCUT2D eigenvalue weighted by Gasteiger charge is 2.23. The van der Waals surface area contributed by atoms with Crippen LogP contribution in [-0.4, -0.2) is 18.2 Å². The van der Waals surface area contributed by atoms with Gasteiger partial charge in [-0.05, 0) is 48.4 Å². The lowest BCUT2D eigenvalue weighted by molar-refractivity contribution is 0.270. The first-order valence-corrected chi connectivity index (χ1v) is 7.44. The summed E-state index contributed by atoms with van der Waals surface area (Å²) < 4.78 is 0. The van der Waals surface area contributed by atoms with Crippen LogP contribution in [-0.2, 0) is 6.42 Å². The fourth-order valence-corrected chi connectivity index (χ4v) is 2.61. The van der Waals surface area contributed by atoms with Crippen molar-refractivity contribution in [3.63, 3.8) is 0 Å². The van der Waals surface area contributed by atoms with Gasteiger partial charge in [-0.1, -0.05) is 46.2 Å². The highest BCUT2D eigenvalue weighted by molar-refractivity contribution is 5.26. The highest BCUT2D eigenvalue weighted by Crippen LogP contribution is 2.28. The van der Waals surface area contributed by atoms with Crippen LogP contribution in [0.25, 0.3) is 0 Å². The quantitative estimate of drug-likeness (QED) is 0.743. The zero-order valence-electron chi connectivity index (χ0n) is 12.9. The summed E-state index contributed by atoms with van der Waals surface area (Å²) in [6.07, 6.45) is 3.49. The van der Waals surface area contributed by atoms with E-state index in [-0.39, 0.29) is 0 Å². The third-order valence-electron chi connectivity index (χ3n) is 3.53. The van der Waals surface area contributed by atoms with Gasteiger partial charge < -0.3 is 10.4 Å². The van der Waals surface area contributed by atoms with E-state index in [1.54, 1.807) is 12.1 Å². The molecule has 0 aliphatic heterocycles. The molecule has 0 aliphatic rings. The molecule has 0 aliphatic carbocycles. The molecule has 0 spiro atoms. The second kappa shape index (κ2) is 7.54. The fraction of sp³-hybridized carbons (Fsp3) is 0.647. The number of phenolic OH excluding ortho intramolecular Hbond substituents is 1. The Hall–Kier alpha value is -1.02. The van der Waals surface area contributed by atoms with Gasteiger partial charge in [-0.15, -0.1) is 0 Å². The fourth-order valence-electron chi connectivity index (χ4n) is 2.61. The smallest absolute Gasteiger partial charge is 0.115 e. The largest absolute Gasteiger partial charge is 0.508 e. The Labute approximate surface area is 118 Å². The van der Waals surface area contributed by atoms with Gasteiger partial charge in [0.2, 0.25) is 0 Å². The first kappa shape index (κ1) is 16.0. The summed E-state index contributed by atoms with van der Waals surface area (Å²) in [5.74, 6) is 1.04. The predicted molar refractivity (Wildman–Crippen MR) is 82.5 cm³/mol. The van der Waals surface area contributed by atoms with Crippen molar-refractivity contribution in [1.82, 2.24) is 5.32 Å². The molecule has 0 saturated carbocycles. The topological polar surface area (TPSA) is 32.3 Å². The molecule has 0 bridgehead atoms. The van der Waals surface area contributed by atoms with Crippen molar-refractivity contribution < 1.29 is 5.11 Å². The minimum absolute atomic E-state index is 0.292. The van der Waals surface area contributed by atoms with Crippen LogP contribution in [0.15, 0.2) is 24.3 Å². The van der Waals surface area contributed by atoms with Gasteiger partial charge in [-0.3, -0.25) is 0 Å². The standard InChI is InChI=1S/C17H29NO/c1-5-10-17(4,13-18-12-14(2)3)11-15-6-8-16(19)9-7-15/h6-9,14,18-19H,5,10-13H2,1-4H3. The maximum Gasteiger partial charge on any atom is 0.115 e. The van der Waals surface area contributed by atoms with Crippen LogP contribution in [0.4, 0.5) is 0 Å². The van der Waals surface area contributed by atoms with Crippen molar-refractivity contribution >= 4 is 0 Å². The molecule has 0 amide bonds. The molecular weight excluding hydrogens is 234 g/mol. The third kappa shape index (κ3) is 6.11. The van der Waals surface area contributed by atoms with Gasteiger partial charge in [0.25, 0.3) is 0 Å². The Bertz CT molecular complexity index is 358. The average Bonchev–Trinajstić information content (AvgIpc) is 2.32. The van der Waals surface area contributed by atoms with E-state index in [0.29, 0.717) is 17.1 Å². The maximum atomic E-state index is 9.35. The van der Waals surface area contributed by atoms with Crippen LogP contribution < -0.4 is 5.32 Å². The zero-order valence-corrected chi connectivity index (χ0v) is 12.9. The summed E-state index contributed by atoms with van der Waals surface area (Å²) >= 11 is 0. The number of aromatic hydroxyl groups is 1. The molecule has 1 aromatic carbocycles. The normalized spacial score (nSPS) is 14.6. The number of phenols is 1. The minimum atomic E-state index is 0.292. The molecule has 2 N–H and O–H groups in total. The number of hydrogen-bond donors (Lipinski definition) is 2. The minimum Gasteiger partial charge on any atom is -0.508 e. The molecule has 0 aromatic heterocycles. The molecule has 1 unspecified atom stereocenters. The lowest BCUT2D eigenvalue weighted by atomic mass is 9.79. The molecule has 1 atom stereocenters. The second-order valence-corrected chi connectivity index (χ2v) is 6.43. The lowest BCUT2D eigenvalue weighted by Crippen LogP contribution is -2.35. The average molecular weight is 263 g/mol. The molecular formula is C17H29NO. The molecule has 0 saturated heterocycles. The summed E-state index contributed by atoms with van der Waals surface area (Å²) in [7, 11) is 0. The lowest BCUT2D eigenvalue weighted by Gasteiger charge is -2.30. The van der Waals surface area contributed by atoms with Crippen molar-refractivity contribution in [2.24, 2.45) is 11.3 Å². The number of nitrogens with one attached hydrogen (secondary N) is 1. The third-order valence-corrected chi connectivity index (χ3v) is 3.53. The molecule has 2 heteroatoms. The molecule has 0 fully saturated rings. The molecule has 0 radical (unpaired) electrons. The Balaban J connectivity index is 2.61. The summed E-state index contributed by atoms with van der Waals surface area (Å²) in [4.78, 5) is 0. The Kier molecular flexibility index (Phi) is 6.36. The molecule has 1 rings (SSSR count). The van der Waals surface area contributed by atoms with Crippen LogP contribution in [0.1, 0.15) is 46.1 Å². The van der Waals surface area contributed by atoms with E-state index in [0.717, 1.165) is 19.5 Å². The molecule has 1 aromatic rings. The van der Waals surface area contributed by atoms with E-state index < -0.39 is 0 Å². The van der Waals surface area contributed by atoms with Gasteiger partial charge in [0.15, 0.2) is 0 Å². The van der Waals surface area contributed by atoms with Crippen LogP contribution >= 0.6 is 0 Å². The monoisotopic (exact) mass is 263 g/mol. The van der Waals surface area contributed by atoms with E-state index in [4.69, 9.17) is 0 Å². The van der Waals surface area contributed by atoms with Crippen molar-refractivity contribution in [1.29, 1.82) is 0 Å². The van der Waals surface area contributed by atoms with Crippen LogP contribution in [0, 0.1) is 11.3 Å². The van der Waals surface area contributed by atoms with Crippen molar-refractivity contribution in [3.8, 4) is 5.75 Å². The van der Waals surface area contributed by atoms with Gasteiger partial charge in [0.1, 0.15) is 5.75 Å². The first-order valence-electron chi connectivity index (χ1n) is 7.44. The number of benzene rings is 1. The van der Waals surface area contributed by atoms with Crippen LogP contribution in [0.3, 0.4) is 0 Å². The van der Waals surface area contributed by atoms with Gasteiger partial charge in [0.05, 0.1) is 0 Å². The van der Waals surface area contributed by atoms with Crippen molar-refractivity contribution in [2.45, 2.75) is 47.0 Å². The Morgan fingerprint density at radius 3 is 2.37 bits per heavy atom. The van der Waals surface area contributed by atoms with Crippen LogP contribution in [0.5, 0.6) is 5.75 Å². The number of hydrogen-bond acceptors (Lipinski definition) is 2. The molecule has 108 valence electrons. The van der Waals surface area contributed by atoms with E-state index in [9.17, 15) is 5.11 Å². The van der Waals surface area contributed by atoms with Gasteiger partial charge in [-0.2, -0.15) is 0 Å². The Morgan fingerprint density at radius 2 is 1.84 bits per heavy atom. The van der Waals surface area contributed by atoms with Crippen molar-refractivity contribution in [3.05, 3.63) is 29.8 Å². The van der Waals surface area contributed by atoms with Crippen molar-refractivity contribution in [2.75, 3.05) is 13.1 Å². The molecule has 0 heterocycles. The van der Waals surface area contributed by atoms with E-state index in [1.807, 2.05) is 12.1 Å². The van der Waals surface area contributed by atoms with E-state index >= 15 is 0 Å². The summed E-state index contributed by atoms with van der Waals surface area (Å²) in [5.41, 5.74) is 1.60. The molecule has 2 nitrogen and oxygen atoms in total. The highest BCUT2D eigenvalue weighted by atomic mass is 16.3.